The smallest absolute Gasteiger partial charge is 0.293 e. The molecule has 34 heavy (non-hydrogen) atoms. The Morgan fingerprint density at radius 2 is 1.74 bits per heavy atom. The molecule has 2 amide bonds. The fraction of sp³-hybridized carbons (Fsp3) is 0.120. The van der Waals surface area contributed by atoms with Gasteiger partial charge in [-0.25, -0.2) is 4.39 Å². The fourth-order valence-electron chi connectivity index (χ4n) is 3.30. The van der Waals surface area contributed by atoms with Crippen molar-refractivity contribution in [2.24, 2.45) is 0 Å². The van der Waals surface area contributed by atoms with E-state index < -0.39 is 17.0 Å². The molecule has 0 aromatic heterocycles. The number of hydrogen-bond donors (Lipinski definition) is 0. The first-order valence-electron chi connectivity index (χ1n) is 10.1. The molecule has 174 valence electrons. The molecule has 1 fully saturated rings. The van der Waals surface area contributed by atoms with Crippen LogP contribution in [-0.2, 0) is 17.9 Å². The highest BCUT2D eigenvalue weighted by Crippen LogP contribution is 2.45. The predicted molar refractivity (Wildman–Crippen MR) is 137 cm³/mol. The van der Waals surface area contributed by atoms with Crippen LogP contribution < -0.4 is 9.47 Å². The first-order valence-corrected chi connectivity index (χ1v) is 12.5. The van der Waals surface area contributed by atoms with E-state index in [1.165, 1.54) is 13.2 Å². The average Bonchev–Trinajstić information content (AvgIpc) is 3.10. The van der Waals surface area contributed by atoms with Crippen LogP contribution in [0.2, 0.25) is 0 Å². The Hall–Kier alpha value is -2.62. The highest BCUT2D eigenvalue weighted by molar-refractivity contribution is 9.13. The van der Waals surface area contributed by atoms with Crippen molar-refractivity contribution < 1.29 is 23.5 Å². The van der Waals surface area contributed by atoms with Crippen molar-refractivity contribution in [2.75, 3.05) is 7.11 Å². The van der Waals surface area contributed by atoms with E-state index in [1.807, 2.05) is 30.3 Å². The first kappa shape index (κ1) is 24.5. The summed E-state index contributed by atoms with van der Waals surface area (Å²) in [7, 11) is 1.52. The van der Waals surface area contributed by atoms with Crippen LogP contribution in [0.3, 0.4) is 0 Å². The van der Waals surface area contributed by atoms with Gasteiger partial charge in [0.05, 0.1) is 23.0 Å². The average molecular weight is 607 g/mol. The molecule has 4 rings (SSSR count). The SMILES string of the molecule is COc1cc(/C=C2\SC(=O)N(Cc3ccccc3F)C2=O)c(Br)c(Br)c1OCc1ccccc1. The number of hydrogen-bond acceptors (Lipinski definition) is 5. The van der Waals surface area contributed by atoms with Crippen LogP contribution >= 0.6 is 43.6 Å². The number of amides is 2. The molecule has 0 unspecified atom stereocenters. The van der Waals surface area contributed by atoms with Crippen LogP contribution in [0.15, 0.2) is 74.5 Å². The summed E-state index contributed by atoms with van der Waals surface area (Å²) < 4.78 is 26.8. The second-order valence-corrected chi connectivity index (χ2v) is 9.84. The molecule has 0 atom stereocenters. The number of nitrogens with zero attached hydrogens (tertiary/aromatic N) is 1. The molecule has 0 saturated carbocycles. The van der Waals surface area contributed by atoms with E-state index in [9.17, 15) is 14.0 Å². The van der Waals surface area contributed by atoms with Crippen molar-refractivity contribution in [3.8, 4) is 11.5 Å². The van der Waals surface area contributed by atoms with Gasteiger partial charge in [0.2, 0.25) is 0 Å². The summed E-state index contributed by atoms with van der Waals surface area (Å²) in [6.45, 7) is 0.214. The fourth-order valence-corrected chi connectivity index (χ4v) is 5.08. The van der Waals surface area contributed by atoms with Crippen molar-refractivity contribution in [1.29, 1.82) is 0 Å². The Kier molecular flexibility index (Phi) is 7.75. The van der Waals surface area contributed by atoms with E-state index in [0.29, 0.717) is 32.6 Å². The lowest BCUT2D eigenvalue weighted by molar-refractivity contribution is -0.123. The van der Waals surface area contributed by atoms with E-state index in [0.717, 1.165) is 22.2 Å². The molecular formula is C25H18Br2FNO4S. The second-order valence-electron chi connectivity index (χ2n) is 7.26. The molecule has 1 aliphatic heterocycles. The Labute approximate surface area is 217 Å². The van der Waals surface area contributed by atoms with Gasteiger partial charge in [-0.05, 0) is 73.0 Å². The van der Waals surface area contributed by atoms with E-state index in [2.05, 4.69) is 31.9 Å². The molecule has 0 spiro atoms. The summed E-state index contributed by atoms with van der Waals surface area (Å²) in [5, 5.41) is -0.454. The Balaban J connectivity index is 1.60. The first-order chi connectivity index (χ1) is 16.4. The highest BCUT2D eigenvalue weighted by atomic mass is 79.9. The number of methoxy groups -OCH3 is 1. The second kappa shape index (κ2) is 10.8. The number of thioether (sulfide) groups is 1. The lowest BCUT2D eigenvalue weighted by Crippen LogP contribution is -2.27. The van der Waals surface area contributed by atoms with E-state index in [4.69, 9.17) is 9.47 Å². The zero-order valence-corrected chi connectivity index (χ0v) is 21.9. The van der Waals surface area contributed by atoms with Crippen LogP contribution in [0.5, 0.6) is 11.5 Å². The molecule has 1 saturated heterocycles. The highest BCUT2D eigenvalue weighted by Gasteiger charge is 2.35. The summed E-state index contributed by atoms with van der Waals surface area (Å²) >= 11 is 7.90. The Morgan fingerprint density at radius 3 is 2.44 bits per heavy atom. The van der Waals surface area contributed by atoms with Crippen LogP contribution in [0, 0.1) is 5.82 Å². The number of rotatable bonds is 7. The molecule has 1 heterocycles. The Bertz CT molecular complexity index is 1280. The minimum atomic E-state index is -0.482. The third-order valence-electron chi connectivity index (χ3n) is 5.05. The molecular weight excluding hydrogens is 589 g/mol. The van der Waals surface area contributed by atoms with E-state index >= 15 is 0 Å². The van der Waals surface area contributed by atoms with Crippen molar-refractivity contribution in [1.82, 2.24) is 4.90 Å². The van der Waals surface area contributed by atoms with Crippen molar-refractivity contribution in [3.05, 3.63) is 97.0 Å². The van der Waals surface area contributed by atoms with Gasteiger partial charge < -0.3 is 9.47 Å². The maximum atomic E-state index is 14.0. The van der Waals surface area contributed by atoms with Crippen molar-refractivity contribution in [3.63, 3.8) is 0 Å². The van der Waals surface area contributed by atoms with Gasteiger partial charge in [0.25, 0.3) is 11.1 Å². The minimum Gasteiger partial charge on any atom is -0.493 e. The van der Waals surface area contributed by atoms with Gasteiger partial charge in [-0.2, -0.15) is 0 Å². The summed E-state index contributed by atoms with van der Waals surface area (Å²) in [5.41, 5.74) is 1.89. The number of imide groups is 1. The largest absolute Gasteiger partial charge is 0.493 e. The topological polar surface area (TPSA) is 55.8 Å². The van der Waals surface area contributed by atoms with Gasteiger partial charge in [-0.3, -0.25) is 14.5 Å². The molecule has 9 heteroatoms. The third-order valence-corrected chi connectivity index (χ3v) is 8.10. The monoisotopic (exact) mass is 605 g/mol. The summed E-state index contributed by atoms with van der Waals surface area (Å²) in [5.74, 6) is 0.0172. The van der Waals surface area contributed by atoms with Crippen LogP contribution in [0.25, 0.3) is 6.08 Å². The van der Waals surface area contributed by atoms with Gasteiger partial charge in [-0.1, -0.05) is 48.5 Å². The van der Waals surface area contributed by atoms with E-state index in [1.54, 1.807) is 30.3 Å². The number of carbonyl (C=O) groups excluding carboxylic acids is 2. The zero-order valence-electron chi connectivity index (χ0n) is 17.9. The Morgan fingerprint density at radius 1 is 1.03 bits per heavy atom. The molecule has 5 nitrogen and oxygen atoms in total. The van der Waals surface area contributed by atoms with Crippen molar-refractivity contribution >= 4 is 60.8 Å². The summed E-state index contributed by atoms with van der Waals surface area (Å²) in [6, 6.07) is 17.5. The maximum absolute atomic E-state index is 14.0. The molecule has 0 N–H and O–H groups in total. The molecule has 0 radical (unpaired) electrons. The minimum absolute atomic E-state index is 0.130. The number of carbonyl (C=O) groups is 2. The van der Waals surface area contributed by atoms with E-state index in [-0.39, 0.29) is 17.0 Å². The number of benzene rings is 3. The third kappa shape index (κ3) is 5.21. The van der Waals surface area contributed by atoms with Crippen LogP contribution in [0.1, 0.15) is 16.7 Å². The molecule has 0 aliphatic carbocycles. The quantitative estimate of drug-likeness (QED) is 0.267. The molecule has 1 aliphatic rings. The summed E-state index contributed by atoms with van der Waals surface area (Å²) in [4.78, 5) is 26.7. The van der Waals surface area contributed by atoms with Crippen molar-refractivity contribution in [2.45, 2.75) is 13.2 Å². The van der Waals surface area contributed by atoms with Crippen LogP contribution in [0.4, 0.5) is 9.18 Å². The van der Waals surface area contributed by atoms with Crippen LogP contribution in [-0.4, -0.2) is 23.2 Å². The standard InChI is InChI=1S/C25H18Br2FNO4S/c1-32-19-11-17(21(26)22(27)23(19)33-14-15-7-3-2-4-8-15)12-20-24(30)29(25(31)34-20)13-16-9-5-6-10-18(16)28/h2-12H,13-14H2,1H3/b20-12-. The number of halogens is 3. The lowest BCUT2D eigenvalue weighted by Gasteiger charge is -2.16. The number of ether oxygens (including phenoxy) is 2. The zero-order chi connectivity index (χ0) is 24.2. The normalized spacial score (nSPS) is 14.7. The van der Waals surface area contributed by atoms with Gasteiger partial charge in [0.15, 0.2) is 11.5 Å². The van der Waals surface area contributed by atoms with Gasteiger partial charge in [0, 0.05) is 10.0 Å². The molecule has 0 bridgehead atoms. The van der Waals surface area contributed by atoms with Gasteiger partial charge >= 0.3 is 0 Å². The predicted octanol–water partition coefficient (Wildman–Crippen LogP) is 7.17. The summed E-state index contributed by atoms with van der Waals surface area (Å²) in [6.07, 6.45) is 1.60. The molecule has 3 aromatic carbocycles. The van der Waals surface area contributed by atoms with Gasteiger partial charge in [0.1, 0.15) is 12.4 Å². The van der Waals surface area contributed by atoms with Gasteiger partial charge in [-0.15, -0.1) is 0 Å². The lowest BCUT2D eigenvalue weighted by atomic mass is 10.1. The molecule has 3 aromatic rings. The maximum Gasteiger partial charge on any atom is 0.293 e.